The molecule has 0 bridgehead atoms. The number of hydrogen-bond donors (Lipinski definition) is 1. The number of allylic oxidation sites excluding steroid dienone is 1. The molecule has 0 spiro atoms. The molecule has 9 nitrogen and oxygen atoms in total. The lowest BCUT2D eigenvalue weighted by molar-refractivity contribution is -0.115. The van der Waals surface area contributed by atoms with Crippen molar-refractivity contribution in [3.63, 3.8) is 0 Å². The van der Waals surface area contributed by atoms with Crippen LogP contribution in [0.25, 0.3) is 10.9 Å². The van der Waals surface area contributed by atoms with Gasteiger partial charge in [0.15, 0.2) is 0 Å². The number of amides is 1. The molecule has 2 aliphatic heterocycles. The van der Waals surface area contributed by atoms with Crippen LogP contribution in [-0.4, -0.2) is 57.8 Å². The number of carbonyl (C=O) groups excluding carboxylic acids is 1. The predicted molar refractivity (Wildman–Crippen MR) is 144 cm³/mol. The number of aromatic nitrogens is 3. The fourth-order valence-corrected chi connectivity index (χ4v) is 4.83. The van der Waals surface area contributed by atoms with Crippen LogP contribution in [0.4, 0.5) is 17.3 Å². The first-order valence-corrected chi connectivity index (χ1v) is 12.3. The molecule has 2 unspecified atom stereocenters. The molecule has 0 saturated carbocycles. The van der Waals surface area contributed by atoms with Gasteiger partial charge in [0.25, 0.3) is 5.91 Å². The van der Waals surface area contributed by atoms with Gasteiger partial charge in [-0.05, 0) is 61.7 Å². The monoisotopic (exact) mass is 493 g/mol. The molecule has 1 saturated heterocycles. The number of rotatable bonds is 5. The van der Waals surface area contributed by atoms with Gasteiger partial charge in [0.1, 0.15) is 29.5 Å². The van der Waals surface area contributed by atoms with Crippen LogP contribution in [0.2, 0.25) is 0 Å². The topological polar surface area (TPSA) is 95.8 Å². The number of aryl methyl sites for hydroxylation is 1. The third kappa shape index (κ3) is 4.33. The van der Waals surface area contributed by atoms with Gasteiger partial charge in [0.05, 0.1) is 30.1 Å². The van der Waals surface area contributed by atoms with E-state index in [1.165, 1.54) is 6.33 Å². The van der Waals surface area contributed by atoms with Crippen molar-refractivity contribution in [2.45, 2.75) is 31.8 Å². The number of benzene rings is 1. The van der Waals surface area contributed by atoms with Crippen LogP contribution in [0.1, 0.15) is 18.4 Å². The highest BCUT2D eigenvalue weighted by Crippen LogP contribution is 2.31. The molecular formula is C28H27N7O2. The number of hydrogen-bond acceptors (Lipinski definition) is 8. The summed E-state index contributed by atoms with van der Waals surface area (Å²) in [5.74, 6) is 2.69. The number of fused-ring (bicyclic) bond motifs is 2. The van der Waals surface area contributed by atoms with E-state index in [9.17, 15) is 4.79 Å². The summed E-state index contributed by atoms with van der Waals surface area (Å²) < 4.78 is 6.18. The Morgan fingerprint density at radius 2 is 2.08 bits per heavy atom. The van der Waals surface area contributed by atoms with E-state index < -0.39 is 0 Å². The second-order valence-electron chi connectivity index (χ2n) is 9.49. The number of nitrogens with zero attached hydrogens (tertiary/aromatic N) is 6. The zero-order valence-electron chi connectivity index (χ0n) is 20.8. The van der Waals surface area contributed by atoms with Gasteiger partial charge in [-0.25, -0.2) is 15.0 Å². The standard InChI is InChI=1S/C28H27N7O2/c1-17-5-4-10-35(28(17)36)26-13-21-23(14-29-26)30-15-31-27(21)33-19-6-9-25(18(2)11-19)37-20-7-8-24-22(12-20)32-16-34(24)3/h6-9,11-16,22,24H,1,4-5,10H2,2-3H3,(H,30,31,33). The van der Waals surface area contributed by atoms with Gasteiger partial charge in [-0.2, -0.15) is 0 Å². The first-order valence-electron chi connectivity index (χ1n) is 12.3. The van der Waals surface area contributed by atoms with E-state index in [0.717, 1.165) is 41.0 Å². The summed E-state index contributed by atoms with van der Waals surface area (Å²) in [6.45, 7) is 6.52. The molecule has 1 aliphatic carbocycles. The molecule has 1 aromatic carbocycles. The highest BCUT2D eigenvalue weighted by molar-refractivity contribution is 6.06. The first-order chi connectivity index (χ1) is 18.0. The Bertz CT molecular complexity index is 1510. The molecule has 1 fully saturated rings. The van der Waals surface area contributed by atoms with Gasteiger partial charge in [-0.15, -0.1) is 0 Å². The molecule has 3 aliphatic rings. The molecule has 3 aromatic rings. The molecule has 9 heteroatoms. The van der Waals surface area contributed by atoms with Crippen molar-refractivity contribution in [1.82, 2.24) is 19.9 Å². The van der Waals surface area contributed by atoms with Gasteiger partial charge in [0, 0.05) is 30.2 Å². The van der Waals surface area contributed by atoms with Crippen molar-refractivity contribution in [1.29, 1.82) is 0 Å². The number of pyridine rings is 1. The van der Waals surface area contributed by atoms with E-state index in [1.54, 1.807) is 11.1 Å². The van der Waals surface area contributed by atoms with E-state index in [4.69, 9.17) is 4.74 Å². The number of piperidine rings is 1. The number of anilines is 3. The molecular weight excluding hydrogens is 466 g/mol. The van der Waals surface area contributed by atoms with Crippen molar-refractivity contribution in [2.75, 3.05) is 23.8 Å². The summed E-state index contributed by atoms with van der Waals surface area (Å²) in [6, 6.07) is 8.10. The number of nitrogens with one attached hydrogen (secondary N) is 1. The molecule has 0 radical (unpaired) electrons. The second-order valence-corrected chi connectivity index (χ2v) is 9.49. The molecule has 4 heterocycles. The molecule has 6 rings (SSSR count). The maximum atomic E-state index is 12.6. The number of ether oxygens (including phenoxy) is 1. The van der Waals surface area contributed by atoms with E-state index in [0.29, 0.717) is 29.3 Å². The minimum atomic E-state index is -0.0825. The van der Waals surface area contributed by atoms with Crippen LogP contribution < -0.4 is 15.0 Å². The summed E-state index contributed by atoms with van der Waals surface area (Å²) >= 11 is 0. The van der Waals surface area contributed by atoms with Crippen molar-refractivity contribution < 1.29 is 9.53 Å². The summed E-state index contributed by atoms with van der Waals surface area (Å²) in [5.41, 5.74) is 3.14. The molecule has 1 N–H and O–H groups in total. The van der Waals surface area contributed by atoms with Gasteiger partial charge >= 0.3 is 0 Å². The van der Waals surface area contributed by atoms with Crippen LogP contribution in [0, 0.1) is 6.92 Å². The summed E-state index contributed by atoms with van der Waals surface area (Å²) in [7, 11) is 2.02. The van der Waals surface area contributed by atoms with Crippen molar-refractivity contribution in [3.05, 3.63) is 78.5 Å². The largest absolute Gasteiger partial charge is 0.457 e. The van der Waals surface area contributed by atoms with Crippen molar-refractivity contribution >= 4 is 40.5 Å². The third-order valence-electron chi connectivity index (χ3n) is 6.89. The maximum Gasteiger partial charge on any atom is 0.254 e. The Morgan fingerprint density at radius 1 is 1.19 bits per heavy atom. The quantitative estimate of drug-likeness (QED) is 0.530. The van der Waals surface area contributed by atoms with Gasteiger partial charge in [-0.1, -0.05) is 12.7 Å². The van der Waals surface area contributed by atoms with Crippen LogP contribution in [0.5, 0.6) is 5.75 Å². The predicted octanol–water partition coefficient (Wildman–Crippen LogP) is 4.30. The lowest BCUT2D eigenvalue weighted by Gasteiger charge is -2.27. The normalized spacial score (nSPS) is 20.9. The van der Waals surface area contributed by atoms with Crippen molar-refractivity contribution in [2.24, 2.45) is 4.99 Å². The third-order valence-corrected chi connectivity index (χ3v) is 6.89. The Labute approximate surface area is 214 Å². The summed E-state index contributed by atoms with van der Waals surface area (Å²) in [4.78, 5) is 34.2. The second kappa shape index (κ2) is 9.16. The molecule has 37 heavy (non-hydrogen) atoms. The van der Waals surface area contributed by atoms with Gasteiger partial charge < -0.3 is 15.0 Å². The Balaban J connectivity index is 1.23. The average molecular weight is 494 g/mol. The Kier molecular flexibility index (Phi) is 5.67. The number of aliphatic imine (C=N–C) groups is 1. The zero-order valence-corrected chi connectivity index (χ0v) is 20.8. The van der Waals surface area contributed by atoms with Gasteiger partial charge in [0.2, 0.25) is 0 Å². The van der Waals surface area contributed by atoms with E-state index in [-0.39, 0.29) is 18.0 Å². The lowest BCUT2D eigenvalue weighted by Crippen LogP contribution is -2.37. The Hall–Kier alpha value is -4.53. The van der Waals surface area contributed by atoms with E-state index >= 15 is 0 Å². The minimum absolute atomic E-state index is 0.0787. The van der Waals surface area contributed by atoms with Crippen LogP contribution in [0.15, 0.2) is 77.9 Å². The van der Waals surface area contributed by atoms with Crippen LogP contribution >= 0.6 is 0 Å². The number of carbonyl (C=O) groups is 1. The fraction of sp³-hybridized carbons (Fsp3) is 0.250. The SMILES string of the molecule is C=C1CCCN(c2cc3c(Nc4ccc(OC5=CC6N=CN(C)C6C=C5)c(C)c4)ncnc3cn2)C1=O. The Morgan fingerprint density at radius 3 is 2.95 bits per heavy atom. The smallest absolute Gasteiger partial charge is 0.254 e. The summed E-state index contributed by atoms with van der Waals surface area (Å²) in [6.07, 6.45) is 12.8. The highest BCUT2D eigenvalue weighted by atomic mass is 16.5. The maximum absolute atomic E-state index is 12.6. The van der Waals surface area contributed by atoms with E-state index in [1.807, 2.05) is 50.7 Å². The first kappa shape index (κ1) is 22.9. The molecule has 2 aromatic heterocycles. The number of likely N-dealkylation sites (N-methyl/N-ethyl adjacent to an activating group) is 1. The van der Waals surface area contributed by atoms with Crippen LogP contribution in [0.3, 0.4) is 0 Å². The minimum Gasteiger partial charge on any atom is -0.457 e. The fourth-order valence-electron chi connectivity index (χ4n) is 4.83. The summed E-state index contributed by atoms with van der Waals surface area (Å²) in [5, 5.41) is 4.18. The average Bonchev–Trinajstić information content (AvgIpc) is 3.27. The highest BCUT2D eigenvalue weighted by Gasteiger charge is 2.28. The van der Waals surface area contributed by atoms with Crippen molar-refractivity contribution in [3.8, 4) is 5.75 Å². The lowest BCUT2D eigenvalue weighted by atomic mass is 10.0. The van der Waals surface area contributed by atoms with Gasteiger partial charge in [-0.3, -0.25) is 14.7 Å². The molecule has 2 atom stereocenters. The molecule has 1 amide bonds. The van der Waals surface area contributed by atoms with Crippen LogP contribution in [-0.2, 0) is 4.79 Å². The molecule has 186 valence electrons. The van der Waals surface area contributed by atoms with E-state index in [2.05, 4.69) is 48.9 Å². The zero-order chi connectivity index (χ0) is 25.5.